The van der Waals surface area contributed by atoms with Crippen LogP contribution in [0.25, 0.3) is 0 Å². The van der Waals surface area contributed by atoms with Gasteiger partial charge in [-0.15, -0.1) is 0 Å². The molecule has 2 saturated carbocycles. The minimum atomic E-state index is -1.51. The van der Waals surface area contributed by atoms with E-state index in [4.69, 9.17) is 10.5 Å². The van der Waals surface area contributed by atoms with E-state index in [9.17, 15) is 15.0 Å². The molecule has 5 N–H and O–H groups in total. The van der Waals surface area contributed by atoms with Gasteiger partial charge in [0.25, 0.3) is 5.96 Å². The number of quaternary nitrogens is 1. The first-order chi connectivity index (χ1) is 15.2. The lowest BCUT2D eigenvalue weighted by Crippen LogP contribution is -3.19. The molecule has 180 valence electrons. The second kappa shape index (κ2) is 8.38. The molecule has 1 aliphatic heterocycles. The monoisotopic (exact) mass is 448 g/mol. The first-order valence-corrected chi connectivity index (χ1v) is 12.2. The normalized spacial score (nSPS) is 43.7. The fourth-order valence-electron chi connectivity index (χ4n) is 8.48. The molecular weight excluding hydrogens is 408 g/mol. The molecule has 1 heterocycles. The Bertz CT molecular complexity index is 829. The number of carboxylic acids is 1. The number of rotatable bonds is 6. The van der Waals surface area contributed by atoms with Crippen LogP contribution in [0.1, 0.15) is 46.0 Å². The molecule has 8 nitrogen and oxygen atoms in total. The Labute approximate surface area is 191 Å². The van der Waals surface area contributed by atoms with E-state index >= 15 is 0 Å². The van der Waals surface area contributed by atoms with E-state index in [0.29, 0.717) is 30.8 Å². The summed E-state index contributed by atoms with van der Waals surface area (Å²) in [6.07, 6.45) is 4.23. The summed E-state index contributed by atoms with van der Waals surface area (Å²) in [5.74, 6) is 0.393. The lowest BCUT2D eigenvalue weighted by molar-refractivity contribution is -0.828. The van der Waals surface area contributed by atoms with Crippen molar-refractivity contribution in [2.45, 2.75) is 51.6 Å². The van der Waals surface area contributed by atoms with Crippen molar-refractivity contribution in [2.75, 3.05) is 46.9 Å². The van der Waals surface area contributed by atoms with Crippen molar-refractivity contribution in [2.24, 2.45) is 39.3 Å². The zero-order valence-electron chi connectivity index (χ0n) is 20.0. The van der Waals surface area contributed by atoms with Crippen LogP contribution < -0.4 is 21.1 Å². The van der Waals surface area contributed by atoms with Gasteiger partial charge in [0.15, 0.2) is 0 Å². The number of nitrogens with one attached hydrogen (secondary N) is 2. The number of ether oxygens (including phenoxy) is 1. The molecule has 2 spiro atoms. The van der Waals surface area contributed by atoms with Crippen LogP contribution in [0.2, 0.25) is 0 Å². The molecule has 1 saturated heterocycles. The fourth-order valence-corrected chi connectivity index (χ4v) is 8.48. The van der Waals surface area contributed by atoms with E-state index in [1.54, 1.807) is 7.05 Å². The van der Waals surface area contributed by atoms with Crippen molar-refractivity contribution >= 4 is 11.9 Å². The molecule has 0 aromatic heterocycles. The number of carbonyl (C=O) groups excluding carboxylic acids is 1. The number of carbonyl (C=O) groups is 1. The molecule has 0 amide bonds. The van der Waals surface area contributed by atoms with E-state index in [1.807, 2.05) is 14.0 Å². The molecule has 0 radical (unpaired) electrons. The van der Waals surface area contributed by atoms with Gasteiger partial charge in [-0.2, -0.15) is 0 Å². The van der Waals surface area contributed by atoms with Crippen LogP contribution >= 0.6 is 0 Å². The largest absolute Gasteiger partial charge is 0.545 e. The van der Waals surface area contributed by atoms with Crippen LogP contribution in [0.4, 0.5) is 0 Å². The standard InChI is InChI=1S/C24H40N4O4/c1-5-32-14-22(31)12-23-15(2)6-7-16(10-18(23)19(22)20(29)30)24(23)13-28(21(25)27-4)9-8-17(24)11-26-3/h15-17,26,31H,5-14H2,1-4H3,(H2,25,27)(H,29,30)/t15-,16-,17-,22-,23+,24-/m1/s1. The quantitative estimate of drug-likeness (QED) is 0.296. The Morgan fingerprint density at radius 3 is 2.78 bits per heavy atom. The van der Waals surface area contributed by atoms with Crippen LogP contribution in [0.5, 0.6) is 0 Å². The second-order valence-electron chi connectivity index (χ2n) is 10.6. The first-order valence-electron chi connectivity index (χ1n) is 12.2. The maximum absolute atomic E-state index is 12.5. The number of nitrogens with zero attached hydrogens (tertiary/aromatic N) is 1. The molecule has 0 aromatic rings. The number of hydrogen-bond donors (Lipinski definition) is 4. The van der Waals surface area contributed by atoms with Gasteiger partial charge in [0.2, 0.25) is 0 Å². The van der Waals surface area contributed by atoms with Crippen molar-refractivity contribution < 1.29 is 24.6 Å². The Kier molecular flexibility index (Phi) is 6.20. The van der Waals surface area contributed by atoms with E-state index in [0.717, 1.165) is 50.9 Å². The summed E-state index contributed by atoms with van der Waals surface area (Å²) in [6.45, 7) is 7.16. The van der Waals surface area contributed by atoms with Gasteiger partial charge >= 0.3 is 0 Å². The van der Waals surface area contributed by atoms with Gasteiger partial charge in [-0.3, -0.25) is 4.90 Å². The summed E-state index contributed by atoms with van der Waals surface area (Å²) < 4.78 is 5.63. The van der Waals surface area contributed by atoms with E-state index < -0.39 is 17.0 Å². The summed E-state index contributed by atoms with van der Waals surface area (Å²) >= 11 is 0. The van der Waals surface area contributed by atoms with Gasteiger partial charge in [-0.1, -0.05) is 12.5 Å². The van der Waals surface area contributed by atoms with Crippen LogP contribution in [0, 0.1) is 28.6 Å². The van der Waals surface area contributed by atoms with Gasteiger partial charge in [0, 0.05) is 36.5 Å². The van der Waals surface area contributed by atoms with Gasteiger partial charge < -0.3 is 30.8 Å². The van der Waals surface area contributed by atoms with Crippen LogP contribution in [0.15, 0.2) is 16.1 Å². The zero-order chi connectivity index (χ0) is 23.3. The summed E-state index contributed by atoms with van der Waals surface area (Å²) in [4.78, 5) is 18.0. The molecule has 7 atom stereocenters. The molecule has 1 unspecified atom stereocenters. The fraction of sp³-hybridized carbons (Fsp3) is 0.833. The number of aliphatic hydroxyl groups is 1. The van der Waals surface area contributed by atoms with Crippen LogP contribution in [-0.4, -0.2) is 69.6 Å². The highest BCUT2D eigenvalue weighted by Crippen LogP contribution is 2.76. The Morgan fingerprint density at radius 1 is 1.41 bits per heavy atom. The highest BCUT2D eigenvalue weighted by Gasteiger charge is 2.75. The summed E-state index contributed by atoms with van der Waals surface area (Å²) in [6, 6.07) is 0. The third-order valence-corrected chi connectivity index (χ3v) is 9.51. The van der Waals surface area contributed by atoms with E-state index in [2.05, 4.69) is 17.2 Å². The highest BCUT2D eigenvalue weighted by molar-refractivity contribution is 5.90. The number of piperidine rings is 1. The number of guanidine groups is 1. The smallest absolute Gasteiger partial charge is 0.293 e. The zero-order valence-corrected chi connectivity index (χ0v) is 20.0. The maximum Gasteiger partial charge on any atom is 0.293 e. The molecule has 4 aliphatic rings. The second-order valence-corrected chi connectivity index (χ2v) is 10.6. The van der Waals surface area contributed by atoms with Crippen LogP contribution in [-0.2, 0) is 9.53 Å². The lowest BCUT2D eigenvalue weighted by atomic mass is 9.45. The third-order valence-electron chi connectivity index (χ3n) is 9.51. The molecule has 3 fully saturated rings. The highest BCUT2D eigenvalue weighted by atomic mass is 16.5. The number of carboxylic acid groups (broad SMARTS) is 1. The Hall–Kier alpha value is -1.48. The third kappa shape index (κ3) is 3.02. The molecular formula is C24H40N4O4. The molecule has 8 heteroatoms. The molecule has 2 bridgehead atoms. The predicted octanol–water partition coefficient (Wildman–Crippen LogP) is -1.30. The van der Waals surface area contributed by atoms with Crippen molar-refractivity contribution in [3.63, 3.8) is 0 Å². The maximum atomic E-state index is 12.5. The average Bonchev–Trinajstić information content (AvgIpc) is 3.11. The van der Waals surface area contributed by atoms with E-state index in [1.165, 1.54) is 4.90 Å². The van der Waals surface area contributed by atoms with E-state index in [-0.39, 0.29) is 23.5 Å². The number of hydrogen-bond acceptors (Lipinski definition) is 6. The van der Waals surface area contributed by atoms with Crippen LogP contribution in [0.3, 0.4) is 0 Å². The Balaban J connectivity index is 1.92. The number of aliphatic carboxylic acids is 1. The number of aliphatic imine (C=N–C) groups is 1. The summed E-state index contributed by atoms with van der Waals surface area (Å²) in [7, 11) is 3.73. The molecule has 4 rings (SSSR count). The van der Waals surface area contributed by atoms with Gasteiger partial charge in [0.05, 0.1) is 25.7 Å². The molecule has 3 aliphatic carbocycles. The average molecular weight is 449 g/mol. The molecule has 0 aromatic carbocycles. The number of nitrogens with two attached hydrogens (primary N) is 1. The van der Waals surface area contributed by atoms with Crippen molar-refractivity contribution in [3.05, 3.63) is 11.1 Å². The molecule has 32 heavy (non-hydrogen) atoms. The van der Waals surface area contributed by atoms with Gasteiger partial charge in [0.1, 0.15) is 5.60 Å². The van der Waals surface area contributed by atoms with Gasteiger partial charge in [-0.25, -0.2) is 4.99 Å². The van der Waals surface area contributed by atoms with Crippen molar-refractivity contribution in [3.8, 4) is 0 Å². The SMILES string of the molecule is CCOC[C@]1(O)C[C@@]23C(=C1C(=O)[O-])C[C@@H](CC[C@H]2C)[C@@]31C[NH+](C(N)=NC)CC[C@@H]1CNC. The van der Waals surface area contributed by atoms with Gasteiger partial charge in [-0.05, 0) is 64.0 Å². The predicted molar refractivity (Wildman–Crippen MR) is 120 cm³/mol. The van der Waals surface area contributed by atoms with Crippen molar-refractivity contribution in [1.29, 1.82) is 0 Å². The Morgan fingerprint density at radius 2 is 2.16 bits per heavy atom. The minimum Gasteiger partial charge on any atom is -0.545 e. The number of allylic oxidation sites excluding steroid dienone is 1. The summed E-state index contributed by atoms with van der Waals surface area (Å²) in [5, 5.41) is 27.6. The van der Waals surface area contributed by atoms with Crippen molar-refractivity contribution in [1.82, 2.24) is 5.32 Å². The first kappa shape index (κ1) is 23.7. The topological polar surface area (TPSA) is 124 Å². The number of likely N-dealkylation sites (tertiary alicyclic amines) is 1. The minimum absolute atomic E-state index is 0.00263. The summed E-state index contributed by atoms with van der Waals surface area (Å²) in [5.41, 5.74) is 5.33. The lowest BCUT2D eigenvalue weighted by Gasteiger charge is -2.60.